The molecule has 0 aliphatic heterocycles. The molecule has 10 heteroatoms. The fourth-order valence-corrected chi connectivity index (χ4v) is 3.44. The lowest BCUT2D eigenvalue weighted by Crippen LogP contribution is -2.39. The minimum absolute atomic E-state index is 0.132. The number of aliphatic hydroxyl groups excluding tert-OH is 1. The number of hydrogen-bond donors (Lipinski definition) is 3. The molecule has 0 unspecified atom stereocenters. The predicted molar refractivity (Wildman–Crippen MR) is 112 cm³/mol. The van der Waals surface area contributed by atoms with E-state index in [0.29, 0.717) is 39.4 Å². The molecule has 32 heavy (non-hydrogen) atoms. The zero-order chi connectivity index (χ0) is 23.3. The molecular weight excluding hydrogens is 423 g/mol. The van der Waals surface area contributed by atoms with Gasteiger partial charge in [-0.2, -0.15) is 13.2 Å². The largest absolute Gasteiger partial charge is 0.421 e. The van der Waals surface area contributed by atoms with Gasteiger partial charge in [0.05, 0.1) is 29.9 Å². The number of benzene rings is 1. The Morgan fingerprint density at radius 2 is 1.88 bits per heavy atom. The number of nitrogens with two attached hydrogens (primary N) is 1. The molecule has 0 amide bonds. The summed E-state index contributed by atoms with van der Waals surface area (Å²) in [5.41, 5.74) is 6.36. The number of anilines is 1. The second-order valence-electron chi connectivity index (χ2n) is 7.64. The molecule has 3 aromatic heterocycles. The maximum atomic E-state index is 13.4. The molecule has 0 aliphatic carbocycles. The van der Waals surface area contributed by atoms with Crippen LogP contribution in [0.3, 0.4) is 0 Å². The van der Waals surface area contributed by atoms with Gasteiger partial charge in [-0.05, 0) is 43.2 Å². The van der Waals surface area contributed by atoms with Crippen molar-refractivity contribution in [2.24, 2.45) is 0 Å². The number of nitrogen functional groups attached to an aromatic ring is 1. The third-order valence-corrected chi connectivity index (χ3v) is 5.42. The lowest BCUT2D eigenvalue weighted by molar-refractivity contribution is -0.258. The van der Waals surface area contributed by atoms with E-state index in [1.54, 1.807) is 29.7 Å². The molecule has 0 fully saturated rings. The van der Waals surface area contributed by atoms with Crippen LogP contribution in [0.2, 0.25) is 0 Å². The quantitative estimate of drug-likeness (QED) is 0.445. The first-order valence-corrected chi connectivity index (χ1v) is 9.63. The van der Waals surface area contributed by atoms with Crippen molar-refractivity contribution in [2.75, 3.05) is 5.73 Å². The number of imidazole rings is 1. The van der Waals surface area contributed by atoms with Crippen LogP contribution in [0.4, 0.5) is 19.0 Å². The number of hydrogen-bond acceptors (Lipinski definition) is 6. The highest BCUT2D eigenvalue weighted by molar-refractivity contribution is 5.74. The Morgan fingerprint density at radius 3 is 2.56 bits per heavy atom. The topological polar surface area (TPSA) is 110 Å². The van der Waals surface area contributed by atoms with Crippen LogP contribution in [0.5, 0.6) is 0 Å². The van der Waals surface area contributed by atoms with E-state index in [1.807, 2.05) is 0 Å². The lowest BCUT2D eigenvalue weighted by atomic mass is 9.91. The van der Waals surface area contributed by atoms with Crippen molar-refractivity contribution >= 4 is 11.5 Å². The van der Waals surface area contributed by atoms with E-state index >= 15 is 0 Å². The van der Waals surface area contributed by atoms with Crippen LogP contribution in [0.1, 0.15) is 23.7 Å². The molecule has 0 bridgehead atoms. The molecule has 0 saturated carbocycles. The summed E-state index contributed by atoms with van der Waals surface area (Å²) in [6.07, 6.45) is -0.146. The average Bonchev–Trinajstić information content (AvgIpc) is 3.17. The Balaban J connectivity index is 1.91. The smallest absolute Gasteiger partial charge is 0.390 e. The number of aromatic nitrogens is 4. The van der Waals surface area contributed by atoms with Crippen LogP contribution in [0.15, 0.2) is 48.9 Å². The lowest BCUT2D eigenvalue weighted by Gasteiger charge is -2.27. The van der Waals surface area contributed by atoms with Gasteiger partial charge in [-0.3, -0.25) is 9.38 Å². The number of rotatable bonds is 4. The van der Waals surface area contributed by atoms with Gasteiger partial charge in [-0.25, -0.2) is 9.97 Å². The molecule has 1 aromatic carbocycles. The third-order valence-electron chi connectivity index (χ3n) is 5.42. The molecule has 166 valence electrons. The Labute approximate surface area is 181 Å². The van der Waals surface area contributed by atoms with Crippen LogP contribution < -0.4 is 5.73 Å². The first kappa shape index (κ1) is 21.7. The van der Waals surface area contributed by atoms with Crippen molar-refractivity contribution < 1.29 is 23.4 Å². The molecule has 1 atom stereocenters. The monoisotopic (exact) mass is 443 g/mol. The maximum absolute atomic E-state index is 13.4. The maximum Gasteiger partial charge on any atom is 0.421 e. The molecule has 0 aliphatic rings. The number of halogens is 3. The Bertz CT molecular complexity index is 1310. The van der Waals surface area contributed by atoms with Crippen molar-refractivity contribution in [2.45, 2.75) is 32.2 Å². The fraction of sp³-hybridized carbons (Fsp3) is 0.227. The molecule has 4 rings (SSSR count). The van der Waals surface area contributed by atoms with Gasteiger partial charge in [0.2, 0.25) is 0 Å². The molecule has 4 aromatic rings. The van der Waals surface area contributed by atoms with Crippen LogP contribution in [0, 0.1) is 6.92 Å². The van der Waals surface area contributed by atoms with Gasteiger partial charge in [-0.15, -0.1) is 0 Å². The number of aliphatic hydroxyl groups is 2. The molecule has 0 saturated heterocycles. The Hall–Kier alpha value is -3.50. The Morgan fingerprint density at radius 1 is 1.12 bits per heavy atom. The van der Waals surface area contributed by atoms with Gasteiger partial charge in [0, 0.05) is 23.5 Å². The summed E-state index contributed by atoms with van der Waals surface area (Å²) in [4.78, 5) is 12.7. The minimum atomic E-state index is -4.84. The summed E-state index contributed by atoms with van der Waals surface area (Å²) in [7, 11) is 0. The summed E-state index contributed by atoms with van der Waals surface area (Å²) >= 11 is 0. The summed E-state index contributed by atoms with van der Waals surface area (Å²) in [6, 6.07) is 7.45. The van der Waals surface area contributed by atoms with E-state index in [2.05, 4.69) is 15.0 Å². The highest BCUT2D eigenvalue weighted by Gasteiger charge is 2.51. The third kappa shape index (κ3) is 3.57. The second kappa shape index (κ2) is 7.57. The number of fused-ring (bicyclic) bond motifs is 1. The zero-order valence-electron chi connectivity index (χ0n) is 17.2. The van der Waals surface area contributed by atoms with Crippen molar-refractivity contribution in [3.05, 3.63) is 65.7 Å². The van der Waals surface area contributed by atoms with Crippen LogP contribution >= 0.6 is 0 Å². The second-order valence-corrected chi connectivity index (χ2v) is 7.64. The standard InChI is InChI=1S/C22H20F3N5O2/c1-12-3-4-14(21(2,32)22(23,24)25)8-16(12)18-9-28-20-19(26)29-17(10-30(18)20)13-5-6-27-15(7-13)11-31/h3-10,31-32H,11H2,1-2H3,(H2,26,29)/t21-/m1/s1. The number of pyridine rings is 1. The van der Waals surface area contributed by atoms with Crippen molar-refractivity contribution in [3.8, 4) is 22.5 Å². The number of nitrogens with zero attached hydrogens (tertiary/aromatic N) is 4. The molecule has 3 heterocycles. The molecule has 7 nitrogen and oxygen atoms in total. The van der Waals surface area contributed by atoms with Gasteiger partial charge >= 0.3 is 6.18 Å². The SMILES string of the molecule is Cc1ccc([C@@](C)(O)C(F)(F)F)cc1-c1cnc2c(N)nc(-c3ccnc(CO)c3)cn12. The van der Waals surface area contributed by atoms with E-state index in [4.69, 9.17) is 5.73 Å². The minimum Gasteiger partial charge on any atom is -0.390 e. The highest BCUT2D eigenvalue weighted by atomic mass is 19.4. The first-order chi connectivity index (χ1) is 15.0. The highest BCUT2D eigenvalue weighted by Crippen LogP contribution is 2.40. The molecular formula is C22H20F3N5O2. The zero-order valence-corrected chi connectivity index (χ0v) is 17.2. The van der Waals surface area contributed by atoms with Gasteiger partial charge in [0.15, 0.2) is 17.1 Å². The summed E-state index contributed by atoms with van der Waals surface area (Å²) < 4.78 is 41.8. The van der Waals surface area contributed by atoms with E-state index < -0.39 is 11.8 Å². The van der Waals surface area contributed by atoms with Crippen molar-refractivity contribution in [1.82, 2.24) is 19.4 Å². The van der Waals surface area contributed by atoms with Crippen LogP contribution in [0.25, 0.3) is 28.2 Å². The van der Waals surface area contributed by atoms with E-state index in [0.717, 1.165) is 6.92 Å². The predicted octanol–water partition coefficient (Wildman–Crippen LogP) is 3.61. The summed E-state index contributed by atoms with van der Waals surface area (Å²) in [5.74, 6) is 0.132. The first-order valence-electron chi connectivity index (χ1n) is 9.63. The van der Waals surface area contributed by atoms with E-state index in [9.17, 15) is 23.4 Å². The number of aryl methyl sites for hydroxylation is 1. The van der Waals surface area contributed by atoms with Gasteiger partial charge < -0.3 is 15.9 Å². The molecule has 0 radical (unpaired) electrons. The summed E-state index contributed by atoms with van der Waals surface area (Å²) in [6.45, 7) is 2.23. The normalized spacial score (nSPS) is 14.0. The number of alkyl halides is 3. The molecule has 4 N–H and O–H groups in total. The van der Waals surface area contributed by atoms with Crippen molar-refractivity contribution in [1.29, 1.82) is 0 Å². The molecule has 0 spiro atoms. The summed E-state index contributed by atoms with van der Waals surface area (Å²) in [5, 5.41) is 19.5. The van der Waals surface area contributed by atoms with Gasteiger partial charge in [0.25, 0.3) is 0 Å². The Kier molecular flexibility index (Phi) is 5.14. The van der Waals surface area contributed by atoms with E-state index in [-0.39, 0.29) is 18.0 Å². The van der Waals surface area contributed by atoms with Crippen LogP contribution in [-0.2, 0) is 12.2 Å². The van der Waals surface area contributed by atoms with Crippen LogP contribution in [-0.4, -0.2) is 35.7 Å². The van der Waals surface area contributed by atoms with Gasteiger partial charge in [-0.1, -0.05) is 12.1 Å². The van der Waals surface area contributed by atoms with E-state index in [1.165, 1.54) is 30.6 Å². The average molecular weight is 443 g/mol. The van der Waals surface area contributed by atoms with Gasteiger partial charge in [0.1, 0.15) is 0 Å². The fourth-order valence-electron chi connectivity index (χ4n) is 3.44. The van der Waals surface area contributed by atoms with Crippen molar-refractivity contribution in [3.63, 3.8) is 0 Å².